The van der Waals surface area contributed by atoms with E-state index in [0.29, 0.717) is 27.6 Å². The van der Waals surface area contributed by atoms with Crippen LogP contribution in [0.2, 0.25) is 5.02 Å². The molecule has 0 amide bonds. The van der Waals surface area contributed by atoms with Crippen molar-refractivity contribution in [1.82, 2.24) is 0 Å². The van der Waals surface area contributed by atoms with E-state index in [4.69, 9.17) is 32.7 Å². The summed E-state index contributed by atoms with van der Waals surface area (Å²) in [6.45, 7) is 0. The summed E-state index contributed by atoms with van der Waals surface area (Å²) in [4.78, 5) is 0. The molecule has 0 spiro atoms. The van der Waals surface area contributed by atoms with Gasteiger partial charge in [0, 0.05) is 22.2 Å². The fourth-order valence-electron chi connectivity index (χ4n) is 1.90. The van der Waals surface area contributed by atoms with Crippen molar-refractivity contribution in [3.05, 3.63) is 58.4 Å². The predicted octanol–water partition coefficient (Wildman–Crippen LogP) is 4.82. The summed E-state index contributed by atoms with van der Waals surface area (Å²) in [6.07, 6.45) is 0. The molecule has 1 atom stereocenters. The van der Waals surface area contributed by atoms with Gasteiger partial charge in [0.1, 0.15) is 17.3 Å². The third-order valence-corrected chi connectivity index (χ3v) is 3.65. The molecule has 0 aromatic heterocycles. The zero-order valence-corrected chi connectivity index (χ0v) is 12.5. The fourth-order valence-corrected chi connectivity index (χ4v) is 2.42. The van der Waals surface area contributed by atoms with Gasteiger partial charge in [0.15, 0.2) is 0 Å². The Morgan fingerprint density at radius 3 is 2.30 bits per heavy atom. The Hall–Kier alpha value is -1.45. The monoisotopic (exact) mass is 314 g/mol. The van der Waals surface area contributed by atoms with E-state index < -0.39 is 11.2 Å². The maximum Gasteiger partial charge on any atom is 0.131 e. The second-order valence-electron chi connectivity index (χ2n) is 4.14. The number of hydrogen-bond acceptors (Lipinski definition) is 2. The lowest BCUT2D eigenvalue weighted by molar-refractivity contribution is 0.408. The normalized spacial score (nSPS) is 12.1. The van der Waals surface area contributed by atoms with Gasteiger partial charge in [0.25, 0.3) is 0 Å². The third-order valence-electron chi connectivity index (χ3n) is 2.95. The molecule has 0 saturated heterocycles. The van der Waals surface area contributed by atoms with E-state index in [2.05, 4.69) is 0 Å². The van der Waals surface area contributed by atoms with E-state index >= 15 is 0 Å². The first-order valence-corrected chi connectivity index (χ1v) is 6.69. The number of rotatable bonds is 4. The van der Waals surface area contributed by atoms with E-state index in [1.54, 1.807) is 30.3 Å². The third kappa shape index (κ3) is 3.00. The second kappa shape index (κ2) is 6.33. The van der Waals surface area contributed by atoms with Gasteiger partial charge < -0.3 is 9.47 Å². The van der Waals surface area contributed by atoms with Crippen LogP contribution in [0.5, 0.6) is 11.5 Å². The molecule has 0 saturated carbocycles. The minimum absolute atomic E-state index is 0.355. The van der Waals surface area contributed by atoms with Crippen LogP contribution in [0, 0.1) is 5.82 Å². The van der Waals surface area contributed by atoms with Gasteiger partial charge >= 0.3 is 0 Å². The van der Waals surface area contributed by atoms with Crippen molar-refractivity contribution in [1.29, 1.82) is 0 Å². The highest BCUT2D eigenvalue weighted by molar-refractivity contribution is 6.30. The lowest BCUT2D eigenvalue weighted by Crippen LogP contribution is -2.00. The first-order valence-electron chi connectivity index (χ1n) is 5.87. The maximum absolute atomic E-state index is 14.1. The van der Waals surface area contributed by atoms with Crippen LogP contribution in [0.15, 0.2) is 36.4 Å². The highest BCUT2D eigenvalue weighted by atomic mass is 35.5. The molecule has 0 aliphatic heterocycles. The first-order chi connectivity index (χ1) is 9.56. The molecule has 1 unspecified atom stereocenters. The average molecular weight is 315 g/mol. The summed E-state index contributed by atoms with van der Waals surface area (Å²) in [7, 11) is 3.00. The molecule has 0 heterocycles. The molecule has 20 heavy (non-hydrogen) atoms. The Kier molecular flexibility index (Phi) is 4.73. The van der Waals surface area contributed by atoms with Crippen LogP contribution in [-0.2, 0) is 0 Å². The Morgan fingerprint density at radius 2 is 1.70 bits per heavy atom. The van der Waals surface area contributed by atoms with Crippen LogP contribution in [0.25, 0.3) is 0 Å². The number of benzene rings is 2. The van der Waals surface area contributed by atoms with E-state index in [-0.39, 0.29) is 0 Å². The van der Waals surface area contributed by atoms with Crippen molar-refractivity contribution in [3.8, 4) is 11.5 Å². The van der Waals surface area contributed by atoms with Crippen LogP contribution < -0.4 is 9.47 Å². The van der Waals surface area contributed by atoms with Crippen molar-refractivity contribution < 1.29 is 13.9 Å². The molecule has 0 N–H and O–H groups in total. The molecule has 2 aromatic rings. The zero-order chi connectivity index (χ0) is 14.7. The first kappa shape index (κ1) is 14.9. The number of hydrogen-bond donors (Lipinski definition) is 0. The van der Waals surface area contributed by atoms with Crippen LogP contribution in [0.1, 0.15) is 16.5 Å². The van der Waals surface area contributed by atoms with Crippen molar-refractivity contribution in [2.24, 2.45) is 0 Å². The topological polar surface area (TPSA) is 18.5 Å². The molecular formula is C15H13Cl2FO2. The Morgan fingerprint density at radius 1 is 1.00 bits per heavy atom. The fraction of sp³-hybridized carbons (Fsp3) is 0.200. The van der Waals surface area contributed by atoms with Gasteiger partial charge in [0.05, 0.1) is 19.6 Å². The SMILES string of the molecule is COc1ccc(C(Cl)c2ccc(Cl)cc2OC)c(F)c1. The van der Waals surface area contributed by atoms with E-state index in [9.17, 15) is 4.39 Å². The molecule has 0 radical (unpaired) electrons. The van der Waals surface area contributed by atoms with Crippen molar-refractivity contribution in [2.75, 3.05) is 14.2 Å². The van der Waals surface area contributed by atoms with Gasteiger partial charge in [-0.1, -0.05) is 23.7 Å². The van der Waals surface area contributed by atoms with Gasteiger partial charge in [0.2, 0.25) is 0 Å². The van der Waals surface area contributed by atoms with Crippen LogP contribution in [0.4, 0.5) is 4.39 Å². The lowest BCUT2D eigenvalue weighted by Gasteiger charge is -2.15. The largest absolute Gasteiger partial charge is 0.497 e. The standard InChI is InChI=1S/C15H13Cl2FO2/c1-19-10-4-6-11(13(18)8-10)15(17)12-5-3-9(16)7-14(12)20-2/h3-8,15H,1-2H3. The highest BCUT2D eigenvalue weighted by Crippen LogP contribution is 2.38. The smallest absolute Gasteiger partial charge is 0.131 e. The van der Waals surface area contributed by atoms with Gasteiger partial charge in [-0.15, -0.1) is 11.6 Å². The number of alkyl halides is 1. The molecule has 0 aliphatic carbocycles. The molecule has 0 fully saturated rings. The summed E-state index contributed by atoms with van der Waals surface area (Å²) in [5.74, 6) is 0.534. The van der Waals surface area contributed by atoms with Gasteiger partial charge in [-0.3, -0.25) is 0 Å². The molecule has 5 heteroatoms. The zero-order valence-electron chi connectivity index (χ0n) is 11.0. The van der Waals surface area contributed by atoms with Gasteiger partial charge in [-0.05, 0) is 18.2 Å². The molecule has 2 aromatic carbocycles. The van der Waals surface area contributed by atoms with Gasteiger partial charge in [-0.2, -0.15) is 0 Å². The maximum atomic E-state index is 14.1. The van der Waals surface area contributed by atoms with Crippen molar-refractivity contribution >= 4 is 23.2 Å². The summed E-state index contributed by atoms with van der Waals surface area (Å²) < 4.78 is 24.3. The number of halogens is 3. The van der Waals surface area contributed by atoms with Crippen molar-refractivity contribution in [3.63, 3.8) is 0 Å². The predicted molar refractivity (Wildman–Crippen MR) is 78.7 cm³/mol. The van der Waals surface area contributed by atoms with Crippen LogP contribution >= 0.6 is 23.2 Å². The number of ether oxygens (including phenoxy) is 2. The van der Waals surface area contributed by atoms with E-state index in [0.717, 1.165) is 0 Å². The average Bonchev–Trinajstić information content (AvgIpc) is 2.46. The van der Waals surface area contributed by atoms with E-state index in [1.807, 2.05) is 0 Å². The van der Waals surface area contributed by atoms with Gasteiger partial charge in [-0.25, -0.2) is 4.39 Å². The summed E-state index contributed by atoms with van der Waals surface area (Å²) in [5.41, 5.74) is 1.01. The van der Waals surface area contributed by atoms with E-state index in [1.165, 1.54) is 20.3 Å². The van der Waals surface area contributed by atoms with Crippen molar-refractivity contribution in [2.45, 2.75) is 5.38 Å². The molecule has 2 nitrogen and oxygen atoms in total. The van der Waals surface area contributed by atoms with Crippen LogP contribution in [0.3, 0.4) is 0 Å². The Labute approximate surface area is 127 Å². The highest BCUT2D eigenvalue weighted by Gasteiger charge is 2.19. The van der Waals surface area contributed by atoms with Crippen LogP contribution in [-0.4, -0.2) is 14.2 Å². The molecule has 0 bridgehead atoms. The minimum Gasteiger partial charge on any atom is -0.497 e. The summed E-state index contributed by atoms with van der Waals surface area (Å²) in [5, 5.41) is -0.141. The number of methoxy groups -OCH3 is 2. The summed E-state index contributed by atoms with van der Waals surface area (Å²) >= 11 is 12.3. The summed E-state index contributed by atoms with van der Waals surface area (Å²) in [6, 6.07) is 9.62. The minimum atomic E-state index is -0.673. The second-order valence-corrected chi connectivity index (χ2v) is 5.01. The quantitative estimate of drug-likeness (QED) is 0.753. The molecule has 0 aliphatic rings. The lowest BCUT2D eigenvalue weighted by atomic mass is 10.0. The molecule has 106 valence electrons. The Bertz CT molecular complexity index is 617. The molecule has 2 rings (SSSR count). The molecular weight excluding hydrogens is 302 g/mol. The Balaban J connectivity index is 2.43.